The summed E-state index contributed by atoms with van der Waals surface area (Å²) < 4.78 is 0. The van der Waals surface area contributed by atoms with E-state index in [2.05, 4.69) is 10.6 Å². The molecule has 0 bridgehead atoms. The van der Waals surface area contributed by atoms with E-state index in [1.807, 2.05) is 0 Å². The monoisotopic (exact) mass is 285 g/mol. The fourth-order valence-electron chi connectivity index (χ4n) is 2.27. The molecule has 0 aromatic carbocycles. The number of carbonyl (C=O) groups is 3. The predicted octanol–water partition coefficient (Wildman–Crippen LogP) is 0.409. The third-order valence-corrected chi connectivity index (χ3v) is 3.58. The fourth-order valence-corrected chi connectivity index (χ4v) is 2.27. The Balaban J connectivity index is 2.18. The average molecular weight is 285 g/mol. The molecule has 7 heteroatoms. The van der Waals surface area contributed by atoms with E-state index in [0.717, 1.165) is 12.8 Å². The number of amides is 3. The lowest BCUT2D eigenvalue weighted by molar-refractivity contribution is -0.137. The second-order valence-corrected chi connectivity index (χ2v) is 5.02. The van der Waals surface area contributed by atoms with Crippen LogP contribution in [0.3, 0.4) is 0 Å². The van der Waals surface area contributed by atoms with E-state index in [0.29, 0.717) is 32.0 Å². The number of urea groups is 1. The van der Waals surface area contributed by atoms with Gasteiger partial charge in [-0.05, 0) is 25.2 Å². The lowest BCUT2D eigenvalue weighted by atomic mass is 9.92. The van der Waals surface area contributed by atoms with Crippen molar-refractivity contribution in [2.24, 2.45) is 5.92 Å². The highest BCUT2D eigenvalue weighted by molar-refractivity contribution is 5.78. The first-order valence-corrected chi connectivity index (χ1v) is 6.98. The Hall–Kier alpha value is -1.79. The summed E-state index contributed by atoms with van der Waals surface area (Å²) in [6.07, 6.45) is 2.84. The molecular weight excluding hydrogens is 262 g/mol. The fraction of sp³-hybridized carbons (Fsp3) is 0.769. The molecule has 1 saturated heterocycles. The van der Waals surface area contributed by atoms with Crippen molar-refractivity contribution < 1.29 is 19.5 Å². The Bertz CT molecular complexity index is 352. The summed E-state index contributed by atoms with van der Waals surface area (Å²) in [5.41, 5.74) is 0. The van der Waals surface area contributed by atoms with Crippen molar-refractivity contribution in [2.75, 3.05) is 26.7 Å². The van der Waals surface area contributed by atoms with E-state index < -0.39 is 5.97 Å². The molecule has 0 radical (unpaired) electrons. The van der Waals surface area contributed by atoms with Crippen molar-refractivity contribution in [2.45, 2.75) is 32.1 Å². The van der Waals surface area contributed by atoms with E-state index in [1.54, 1.807) is 11.9 Å². The molecule has 0 aromatic heterocycles. The van der Waals surface area contributed by atoms with E-state index in [9.17, 15) is 14.4 Å². The number of piperidine rings is 1. The van der Waals surface area contributed by atoms with Gasteiger partial charge in [-0.2, -0.15) is 0 Å². The summed E-state index contributed by atoms with van der Waals surface area (Å²) in [4.78, 5) is 35.1. The third-order valence-electron chi connectivity index (χ3n) is 3.58. The molecule has 20 heavy (non-hydrogen) atoms. The highest BCUT2D eigenvalue weighted by atomic mass is 16.4. The van der Waals surface area contributed by atoms with Crippen LogP contribution < -0.4 is 10.6 Å². The molecule has 0 saturated carbocycles. The van der Waals surface area contributed by atoms with Gasteiger partial charge in [0.2, 0.25) is 5.91 Å². The van der Waals surface area contributed by atoms with Gasteiger partial charge in [-0.15, -0.1) is 0 Å². The number of carbonyl (C=O) groups excluding carboxylic acids is 2. The summed E-state index contributed by atoms with van der Waals surface area (Å²) in [6, 6.07) is -0.148. The molecular formula is C13H23N3O4. The molecule has 3 N–H and O–H groups in total. The zero-order valence-corrected chi connectivity index (χ0v) is 11.9. The number of carboxylic acids is 1. The van der Waals surface area contributed by atoms with Gasteiger partial charge in [-0.1, -0.05) is 0 Å². The molecule has 1 aliphatic heterocycles. The molecule has 1 fully saturated rings. The largest absolute Gasteiger partial charge is 0.481 e. The highest BCUT2D eigenvalue weighted by Crippen LogP contribution is 2.21. The van der Waals surface area contributed by atoms with Crippen LogP contribution >= 0.6 is 0 Å². The minimum atomic E-state index is -0.764. The van der Waals surface area contributed by atoms with Gasteiger partial charge in [-0.3, -0.25) is 9.59 Å². The minimum absolute atomic E-state index is 0.0994. The first-order valence-electron chi connectivity index (χ1n) is 6.98. The number of hydrogen-bond donors (Lipinski definition) is 3. The molecule has 0 aliphatic carbocycles. The molecule has 3 amide bonds. The number of rotatable bonds is 6. The van der Waals surface area contributed by atoms with Crippen molar-refractivity contribution in [3.63, 3.8) is 0 Å². The Kier molecular flexibility index (Phi) is 6.83. The summed E-state index contributed by atoms with van der Waals surface area (Å²) in [5.74, 6) is -0.474. The summed E-state index contributed by atoms with van der Waals surface area (Å²) >= 11 is 0. The maximum absolute atomic E-state index is 11.8. The zero-order chi connectivity index (χ0) is 15.0. The van der Waals surface area contributed by atoms with E-state index in [4.69, 9.17) is 5.11 Å². The SMILES string of the molecule is CNC(=O)CCNC(=O)N1CCC(CCC(=O)O)CC1. The Morgan fingerprint density at radius 3 is 2.40 bits per heavy atom. The maximum Gasteiger partial charge on any atom is 0.317 e. The molecule has 0 atom stereocenters. The average Bonchev–Trinajstić information content (AvgIpc) is 2.45. The van der Waals surface area contributed by atoms with Crippen molar-refractivity contribution in [1.82, 2.24) is 15.5 Å². The van der Waals surface area contributed by atoms with Crippen LogP contribution in [0.1, 0.15) is 32.1 Å². The quantitative estimate of drug-likeness (QED) is 0.658. The van der Waals surface area contributed by atoms with Crippen LogP contribution in [0.4, 0.5) is 4.79 Å². The van der Waals surface area contributed by atoms with Crippen molar-refractivity contribution >= 4 is 17.9 Å². The summed E-state index contributed by atoms with van der Waals surface area (Å²) in [6.45, 7) is 1.63. The molecule has 1 aliphatic rings. The van der Waals surface area contributed by atoms with Crippen LogP contribution in [-0.2, 0) is 9.59 Å². The molecule has 1 rings (SSSR count). The van der Waals surface area contributed by atoms with Crippen molar-refractivity contribution in [3.8, 4) is 0 Å². The summed E-state index contributed by atoms with van der Waals surface area (Å²) in [7, 11) is 1.56. The summed E-state index contributed by atoms with van der Waals surface area (Å²) in [5, 5.41) is 13.8. The molecule has 7 nitrogen and oxygen atoms in total. The van der Waals surface area contributed by atoms with Gasteiger partial charge < -0.3 is 20.6 Å². The predicted molar refractivity (Wildman–Crippen MR) is 73.2 cm³/mol. The standard InChI is InChI=1S/C13H23N3O4/c1-14-11(17)4-7-15-13(20)16-8-5-10(6-9-16)2-3-12(18)19/h10H,2-9H2,1H3,(H,14,17)(H,15,20)(H,18,19). The van der Waals surface area contributed by atoms with Gasteiger partial charge in [0.05, 0.1) is 0 Å². The highest BCUT2D eigenvalue weighted by Gasteiger charge is 2.22. The maximum atomic E-state index is 11.8. The van der Waals surface area contributed by atoms with Crippen molar-refractivity contribution in [1.29, 1.82) is 0 Å². The number of carboxylic acid groups (broad SMARTS) is 1. The van der Waals surface area contributed by atoms with Crippen LogP contribution in [0.25, 0.3) is 0 Å². The topological polar surface area (TPSA) is 98.7 Å². The molecule has 0 aromatic rings. The van der Waals surface area contributed by atoms with E-state index in [1.165, 1.54) is 0 Å². The van der Waals surface area contributed by atoms with Crippen LogP contribution in [0, 0.1) is 5.92 Å². The number of likely N-dealkylation sites (tertiary alicyclic amines) is 1. The first kappa shape index (κ1) is 16.3. The molecule has 0 spiro atoms. The lowest BCUT2D eigenvalue weighted by Crippen LogP contribution is -2.45. The lowest BCUT2D eigenvalue weighted by Gasteiger charge is -2.31. The number of nitrogens with one attached hydrogen (secondary N) is 2. The number of nitrogens with zero attached hydrogens (tertiary/aromatic N) is 1. The molecule has 0 unspecified atom stereocenters. The minimum Gasteiger partial charge on any atom is -0.481 e. The second kappa shape index (κ2) is 8.39. The Labute approximate surface area is 118 Å². The van der Waals surface area contributed by atoms with Gasteiger partial charge in [0.1, 0.15) is 0 Å². The number of aliphatic carboxylic acids is 1. The zero-order valence-electron chi connectivity index (χ0n) is 11.9. The van der Waals surface area contributed by atoms with Gasteiger partial charge in [0.15, 0.2) is 0 Å². The van der Waals surface area contributed by atoms with Gasteiger partial charge >= 0.3 is 12.0 Å². The normalized spacial score (nSPS) is 15.8. The van der Waals surface area contributed by atoms with Crippen LogP contribution in [-0.4, -0.2) is 54.6 Å². The third kappa shape index (κ3) is 5.90. The Morgan fingerprint density at radius 2 is 1.85 bits per heavy atom. The van der Waals surface area contributed by atoms with Crippen molar-refractivity contribution in [3.05, 3.63) is 0 Å². The van der Waals surface area contributed by atoms with Crippen LogP contribution in [0.15, 0.2) is 0 Å². The number of hydrogen-bond acceptors (Lipinski definition) is 3. The smallest absolute Gasteiger partial charge is 0.317 e. The molecule has 1 heterocycles. The van der Waals surface area contributed by atoms with Gasteiger partial charge in [-0.25, -0.2) is 4.79 Å². The van der Waals surface area contributed by atoms with Gasteiger partial charge in [0, 0.05) is 39.5 Å². The van der Waals surface area contributed by atoms with Crippen LogP contribution in [0.5, 0.6) is 0 Å². The first-order chi connectivity index (χ1) is 9.52. The van der Waals surface area contributed by atoms with Crippen LogP contribution in [0.2, 0.25) is 0 Å². The molecule has 114 valence electrons. The second-order valence-electron chi connectivity index (χ2n) is 5.02. The van der Waals surface area contributed by atoms with E-state index >= 15 is 0 Å². The Morgan fingerprint density at radius 1 is 1.20 bits per heavy atom. The van der Waals surface area contributed by atoms with E-state index in [-0.39, 0.29) is 24.8 Å². The van der Waals surface area contributed by atoms with Gasteiger partial charge in [0.25, 0.3) is 0 Å².